The normalized spacial score (nSPS) is 10.0. The molecule has 0 aliphatic rings. The molecule has 4 rings (SSSR count). The number of pyridine rings is 2. The summed E-state index contributed by atoms with van der Waals surface area (Å²) in [6, 6.07) is 21.7. The van der Waals surface area contributed by atoms with Crippen molar-refractivity contribution in [2.24, 2.45) is 0 Å². The van der Waals surface area contributed by atoms with Crippen molar-refractivity contribution in [2.45, 2.75) is 23.6 Å². The number of methoxy groups -OCH3 is 4. The molecule has 0 unspecified atom stereocenters. The maximum Gasteiger partial charge on any atom is 2.00 e. The summed E-state index contributed by atoms with van der Waals surface area (Å²) in [7, 11) is 6.52. The number of nitrogens with zero attached hydrogens (tertiary/aromatic N) is 2. The monoisotopic (exact) mass is 743 g/mol. The van der Waals surface area contributed by atoms with Gasteiger partial charge in [0, 0.05) is 45.2 Å². The van der Waals surface area contributed by atoms with Gasteiger partial charge in [0.15, 0.2) is 0 Å². The molecule has 0 atom stereocenters. The van der Waals surface area contributed by atoms with E-state index in [0.29, 0.717) is 11.5 Å². The summed E-state index contributed by atoms with van der Waals surface area (Å²) in [6.45, 7) is 4.26. The van der Waals surface area contributed by atoms with Crippen LogP contribution in [0.2, 0.25) is 0 Å². The van der Waals surface area contributed by atoms with E-state index in [9.17, 15) is 0 Å². The molecule has 0 aliphatic heterocycles. The van der Waals surface area contributed by atoms with Gasteiger partial charge in [-0.25, -0.2) is 0 Å². The van der Waals surface area contributed by atoms with Gasteiger partial charge >= 0.3 is 21.1 Å². The minimum absolute atomic E-state index is 0. The summed E-state index contributed by atoms with van der Waals surface area (Å²) >= 11 is 3.57. The Morgan fingerprint density at radius 1 is 0.641 bits per heavy atom. The van der Waals surface area contributed by atoms with E-state index in [-0.39, 0.29) is 21.1 Å². The Balaban J connectivity index is 0.000000267. The molecular weight excluding hydrogens is 712 g/mol. The predicted octanol–water partition coefficient (Wildman–Crippen LogP) is 7.35. The topological polar surface area (TPSA) is 62.7 Å². The van der Waals surface area contributed by atoms with E-state index in [1.165, 1.54) is 9.79 Å². The van der Waals surface area contributed by atoms with Crippen molar-refractivity contribution in [1.82, 2.24) is 9.97 Å². The number of hydrogen-bond donors (Lipinski definition) is 0. The van der Waals surface area contributed by atoms with Crippen molar-refractivity contribution in [2.75, 3.05) is 39.9 Å². The van der Waals surface area contributed by atoms with Gasteiger partial charge in [-0.2, -0.15) is 0 Å². The average molecular weight is 744 g/mol. The van der Waals surface area contributed by atoms with Crippen LogP contribution in [0.3, 0.4) is 0 Å². The molecule has 2 aromatic heterocycles. The average Bonchev–Trinajstić information content (AvgIpc) is 2.97. The van der Waals surface area contributed by atoms with Gasteiger partial charge in [-0.15, -0.1) is 47.8 Å². The number of hydrogen-bond acceptors (Lipinski definition) is 8. The zero-order chi connectivity index (χ0) is 27.3. The van der Waals surface area contributed by atoms with E-state index in [4.69, 9.17) is 18.9 Å². The molecule has 0 aliphatic carbocycles. The van der Waals surface area contributed by atoms with Crippen LogP contribution in [0, 0.1) is 12.1 Å². The molecule has 2 heterocycles. The van der Waals surface area contributed by atoms with Gasteiger partial charge < -0.3 is 28.9 Å². The molecule has 4 aromatic rings. The number of aromatic nitrogens is 2. The van der Waals surface area contributed by atoms with Gasteiger partial charge in [0.1, 0.15) is 0 Å². The van der Waals surface area contributed by atoms with Crippen molar-refractivity contribution >= 4 is 23.5 Å². The van der Waals surface area contributed by atoms with E-state index < -0.39 is 0 Å². The molecule has 0 N–H and O–H groups in total. The number of rotatable bonds is 10. The minimum Gasteiger partial charge on any atom is -0.540 e. The van der Waals surface area contributed by atoms with Crippen molar-refractivity contribution in [3.05, 3.63) is 73.1 Å². The van der Waals surface area contributed by atoms with Gasteiger partial charge in [0.05, 0.1) is 28.4 Å². The first-order valence-corrected chi connectivity index (χ1v) is 14.0. The Labute approximate surface area is 254 Å². The quantitative estimate of drug-likeness (QED) is 0.124. The molecule has 6 nitrogen and oxygen atoms in total. The molecule has 0 bridgehead atoms. The predicted molar refractivity (Wildman–Crippen MR) is 156 cm³/mol. The summed E-state index contributed by atoms with van der Waals surface area (Å²) in [4.78, 5) is 11.2. The minimum atomic E-state index is 0. The molecule has 0 radical (unpaired) electrons. The molecule has 39 heavy (non-hydrogen) atoms. The van der Waals surface area contributed by atoms with E-state index in [2.05, 4.69) is 48.1 Å². The summed E-state index contributed by atoms with van der Waals surface area (Å²) in [6.07, 6.45) is 3.62. The molecule has 208 valence electrons. The Hall–Kier alpha value is -2.67. The second-order valence-corrected chi connectivity index (χ2v) is 10.3. The summed E-state index contributed by atoms with van der Waals surface area (Å²) in [5.41, 5.74) is 3.42. The largest absolute Gasteiger partial charge is 2.00 e. The van der Waals surface area contributed by atoms with Gasteiger partial charge in [-0.1, -0.05) is 49.2 Å². The molecule has 0 fully saturated rings. The first-order valence-electron chi connectivity index (χ1n) is 12.0. The van der Waals surface area contributed by atoms with Crippen molar-refractivity contribution in [3.8, 4) is 45.5 Å². The van der Waals surface area contributed by atoms with Crippen LogP contribution in [-0.4, -0.2) is 49.9 Å². The standard InChI is InChI=1S/2C15H16NO2S.Pt/c2*1-4-19-12-7-8-16-14(10-12)13-6-5-11(17-2)9-15(13)18-3;/h2*5,7-10H,4H2,1-3H3;/q2*-1;+2. The summed E-state index contributed by atoms with van der Waals surface area (Å²) in [5.74, 6) is 4.94. The maximum absolute atomic E-state index is 5.38. The van der Waals surface area contributed by atoms with Crippen molar-refractivity contribution < 1.29 is 40.0 Å². The van der Waals surface area contributed by atoms with Crippen LogP contribution < -0.4 is 18.9 Å². The van der Waals surface area contributed by atoms with E-state index in [1.807, 2.05) is 36.7 Å². The smallest absolute Gasteiger partial charge is 0.540 e. The fraction of sp³-hybridized carbons (Fsp3) is 0.267. The Morgan fingerprint density at radius 2 is 1.05 bits per heavy atom. The first kappa shape index (κ1) is 32.5. The zero-order valence-electron chi connectivity index (χ0n) is 22.8. The molecule has 0 spiro atoms. The fourth-order valence-corrected chi connectivity index (χ4v) is 4.85. The third kappa shape index (κ3) is 9.19. The Bertz CT molecular complexity index is 1220. The number of ether oxygens (including phenoxy) is 4. The van der Waals surface area contributed by atoms with Crippen LogP contribution in [0.1, 0.15) is 13.8 Å². The van der Waals surface area contributed by atoms with Gasteiger partial charge in [0.2, 0.25) is 0 Å². The van der Waals surface area contributed by atoms with Gasteiger partial charge in [0.25, 0.3) is 0 Å². The Morgan fingerprint density at radius 3 is 1.38 bits per heavy atom. The molecule has 0 saturated heterocycles. The van der Waals surface area contributed by atoms with Gasteiger partial charge in [-0.3, -0.25) is 0 Å². The third-order valence-electron chi connectivity index (χ3n) is 5.27. The van der Waals surface area contributed by atoms with Gasteiger partial charge in [-0.05, 0) is 35.0 Å². The number of benzene rings is 2. The van der Waals surface area contributed by atoms with Crippen LogP contribution >= 0.6 is 23.5 Å². The SMILES string of the molecule is CCSc1ccnc(-c2[c-]cc(OC)cc2OC)c1.CCSc1ccnc(-c2[c-]cc(OC)cc2OC)c1.[Pt+2]. The summed E-state index contributed by atoms with van der Waals surface area (Å²) in [5, 5.41) is 0. The van der Waals surface area contributed by atoms with Crippen LogP contribution in [0.15, 0.2) is 70.7 Å². The second-order valence-electron chi connectivity index (χ2n) is 7.59. The molecule has 9 heteroatoms. The first-order chi connectivity index (χ1) is 18.6. The van der Waals surface area contributed by atoms with Crippen LogP contribution in [-0.2, 0) is 21.1 Å². The molecule has 2 aromatic carbocycles. The molecule has 0 saturated carbocycles. The summed E-state index contributed by atoms with van der Waals surface area (Å²) < 4.78 is 21.1. The third-order valence-corrected chi connectivity index (χ3v) is 7.02. The zero-order valence-corrected chi connectivity index (χ0v) is 26.8. The maximum atomic E-state index is 5.38. The van der Waals surface area contributed by atoms with E-state index in [1.54, 1.807) is 64.1 Å². The fourth-order valence-electron chi connectivity index (χ4n) is 3.48. The second kappa shape index (κ2) is 17.1. The molecular formula is C30H32N2O4PtS2. The van der Waals surface area contributed by atoms with Crippen molar-refractivity contribution in [3.63, 3.8) is 0 Å². The number of thioether (sulfide) groups is 2. The van der Waals surface area contributed by atoms with E-state index >= 15 is 0 Å². The van der Waals surface area contributed by atoms with Crippen LogP contribution in [0.5, 0.6) is 23.0 Å². The Kier molecular flexibility index (Phi) is 14.3. The van der Waals surface area contributed by atoms with E-state index in [0.717, 1.165) is 45.5 Å². The van der Waals surface area contributed by atoms with Crippen LogP contribution in [0.4, 0.5) is 0 Å². The molecule has 0 amide bonds. The van der Waals surface area contributed by atoms with Crippen LogP contribution in [0.25, 0.3) is 22.5 Å². The van der Waals surface area contributed by atoms with Crippen molar-refractivity contribution in [1.29, 1.82) is 0 Å².